The Hall–Kier alpha value is -2.11. The summed E-state index contributed by atoms with van der Waals surface area (Å²) >= 11 is 0. The topological polar surface area (TPSA) is 89.5 Å². The fraction of sp³-hybridized carbons (Fsp3) is 0.417. The van der Waals surface area contributed by atoms with Gasteiger partial charge in [-0.25, -0.2) is 0 Å². The second-order valence-electron chi connectivity index (χ2n) is 4.68. The van der Waals surface area contributed by atoms with Gasteiger partial charge < -0.3 is 10.6 Å². The molecule has 18 heavy (non-hydrogen) atoms. The molecule has 0 bridgehead atoms. The fourth-order valence-corrected chi connectivity index (χ4v) is 2.17. The Morgan fingerprint density at radius 2 is 2.28 bits per heavy atom. The van der Waals surface area contributed by atoms with Crippen molar-refractivity contribution in [3.8, 4) is 0 Å². The van der Waals surface area contributed by atoms with Gasteiger partial charge in [0.25, 0.3) is 11.6 Å². The Morgan fingerprint density at radius 3 is 2.83 bits per heavy atom. The number of anilines is 1. The highest BCUT2D eigenvalue weighted by Gasteiger charge is 2.29. The molecule has 1 aliphatic rings. The van der Waals surface area contributed by atoms with Gasteiger partial charge in [-0.1, -0.05) is 6.92 Å². The summed E-state index contributed by atoms with van der Waals surface area (Å²) in [4.78, 5) is 24.2. The first-order valence-corrected chi connectivity index (χ1v) is 5.82. The van der Waals surface area contributed by atoms with Crippen molar-refractivity contribution >= 4 is 17.3 Å². The first-order valence-electron chi connectivity index (χ1n) is 5.82. The van der Waals surface area contributed by atoms with E-state index in [1.807, 2.05) is 0 Å². The largest absolute Gasteiger partial charge is 0.399 e. The third kappa shape index (κ3) is 2.27. The van der Waals surface area contributed by atoms with Crippen LogP contribution in [-0.2, 0) is 0 Å². The van der Waals surface area contributed by atoms with E-state index in [0.717, 1.165) is 6.42 Å². The molecule has 2 N–H and O–H groups in total. The molecule has 6 nitrogen and oxygen atoms in total. The zero-order valence-corrected chi connectivity index (χ0v) is 10.1. The van der Waals surface area contributed by atoms with Gasteiger partial charge in [0.2, 0.25) is 0 Å². The van der Waals surface area contributed by atoms with Gasteiger partial charge in [-0.3, -0.25) is 14.9 Å². The van der Waals surface area contributed by atoms with Crippen molar-refractivity contribution in [2.45, 2.75) is 13.3 Å². The second-order valence-corrected chi connectivity index (χ2v) is 4.68. The maximum Gasteiger partial charge on any atom is 0.282 e. The van der Waals surface area contributed by atoms with E-state index in [4.69, 9.17) is 5.73 Å². The highest BCUT2D eigenvalue weighted by Crippen LogP contribution is 2.25. The number of benzene rings is 1. The quantitative estimate of drug-likeness (QED) is 0.490. The molecule has 6 heteroatoms. The lowest BCUT2D eigenvalue weighted by atomic mass is 10.1. The van der Waals surface area contributed by atoms with Gasteiger partial charge in [0.15, 0.2) is 0 Å². The number of nitro groups is 1. The molecule has 0 radical (unpaired) electrons. The van der Waals surface area contributed by atoms with E-state index >= 15 is 0 Å². The Morgan fingerprint density at radius 1 is 1.56 bits per heavy atom. The smallest absolute Gasteiger partial charge is 0.282 e. The van der Waals surface area contributed by atoms with E-state index in [1.165, 1.54) is 18.2 Å². The van der Waals surface area contributed by atoms with Crippen LogP contribution in [0.2, 0.25) is 0 Å². The van der Waals surface area contributed by atoms with Crippen LogP contribution in [0.25, 0.3) is 0 Å². The molecule has 0 spiro atoms. The van der Waals surface area contributed by atoms with Crippen LogP contribution < -0.4 is 5.73 Å². The number of likely N-dealkylation sites (tertiary alicyclic amines) is 1. The van der Waals surface area contributed by atoms with Gasteiger partial charge in [-0.2, -0.15) is 0 Å². The van der Waals surface area contributed by atoms with E-state index in [-0.39, 0.29) is 17.2 Å². The molecule has 1 aromatic rings. The maximum atomic E-state index is 12.2. The van der Waals surface area contributed by atoms with Gasteiger partial charge in [-0.15, -0.1) is 0 Å². The first kappa shape index (κ1) is 12.3. The van der Waals surface area contributed by atoms with Gasteiger partial charge in [0.05, 0.1) is 4.92 Å². The Balaban J connectivity index is 2.34. The molecule has 1 fully saturated rings. The summed E-state index contributed by atoms with van der Waals surface area (Å²) < 4.78 is 0. The Kier molecular flexibility index (Phi) is 3.18. The standard InChI is InChI=1S/C12H15N3O3/c1-8-4-5-14(7-8)12(16)10-6-9(13)2-3-11(10)15(17)18/h2-3,6,8H,4-5,7,13H2,1H3. The number of nitrogens with two attached hydrogens (primary N) is 1. The molecular weight excluding hydrogens is 234 g/mol. The highest BCUT2D eigenvalue weighted by atomic mass is 16.6. The number of carbonyl (C=O) groups is 1. The summed E-state index contributed by atoms with van der Waals surface area (Å²) in [6.07, 6.45) is 0.932. The lowest BCUT2D eigenvalue weighted by Crippen LogP contribution is -2.29. The van der Waals surface area contributed by atoms with E-state index in [9.17, 15) is 14.9 Å². The number of hydrogen-bond donors (Lipinski definition) is 1. The van der Waals surface area contributed by atoms with Crippen molar-refractivity contribution in [3.63, 3.8) is 0 Å². The molecule has 96 valence electrons. The number of hydrogen-bond acceptors (Lipinski definition) is 4. The van der Waals surface area contributed by atoms with E-state index < -0.39 is 4.92 Å². The van der Waals surface area contributed by atoms with Crippen LogP contribution in [0.3, 0.4) is 0 Å². The van der Waals surface area contributed by atoms with Crippen LogP contribution >= 0.6 is 0 Å². The number of nitrogens with zero attached hydrogens (tertiary/aromatic N) is 2. The number of nitrogen functional groups attached to an aromatic ring is 1. The summed E-state index contributed by atoms with van der Waals surface area (Å²) in [6.45, 7) is 3.35. The molecule has 1 saturated heterocycles. The molecule has 0 aliphatic carbocycles. The Labute approximate surface area is 105 Å². The second kappa shape index (κ2) is 4.64. The number of nitro benzene ring substituents is 1. The normalized spacial score (nSPS) is 18.9. The SMILES string of the molecule is CC1CCN(C(=O)c2cc(N)ccc2[N+](=O)[O-])C1. The molecule has 1 atom stereocenters. The fourth-order valence-electron chi connectivity index (χ4n) is 2.17. The van der Waals surface area contributed by atoms with Crippen LogP contribution in [0.15, 0.2) is 18.2 Å². The average Bonchev–Trinajstić information content (AvgIpc) is 2.74. The zero-order valence-electron chi connectivity index (χ0n) is 10.1. The van der Waals surface area contributed by atoms with Crippen LogP contribution in [0, 0.1) is 16.0 Å². The van der Waals surface area contributed by atoms with Crippen molar-refractivity contribution in [2.75, 3.05) is 18.8 Å². The lowest BCUT2D eigenvalue weighted by Gasteiger charge is -2.16. The summed E-state index contributed by atoms with van der Waals surface area (Å²) in [6, 6.07) is 4.09. The van der Waals surface area contributed by atoms with Gasteiger partial charge >= 0.3 is 0 Å². The molecule has 0 aromatic heterocycles. The molecule has 1 aliphatic heterocycles. The number of amides is 1. The predicted molar refractivity (Wildman–Crippen MR) is 67.2 cm³/mol. The predicted octanol–water partition coefficient (Wildman–Crippen LogP) is 1.66. The minimum absolute atomic E-state index is 0.0779. The van der Waals surface area contributed by atoms with Crippen LogP contribution in [-0.4, -0.2) is 28.8 Å². The monoisotopic (exact) mass is 249 g/mol. The van der Waals surface area contributed by atoms with E-state index in [2.05, 4.69) is 6.92 Å². The summed E-state index contributed by atoms with van der Waals surface area (Å²) in [5, 5.41) is 10.9. The minimum atomic E-state index is -0.549. The molecule has 1 heterocycles. The average molecular weight is 249 g/mol. The first-order chi connectivity index (χ1) is 8.49. The van der Waals surface area contributed by atoms with Crippen molar-refractivity contribution in [2.24, 2.45) is 5.92 Å². The number of carbonyl (C=O) groups excluding carboxylic acids is 1. The molecular formula is C12H15N3O3. The van der Waals surface area contributed by atoms with Crippen molar-refractivity contribution in [1.82, 2.24) is 4.90 Å². The van der Waals surface area contributed by atoms with E-state index in [0.29, 0.717) is 24.7 Å². The molecule has 0 saturated carbocycles. The van der Waals surface area contributed by atoms with Crippen molar-refractivity contribution in [3.05, 3.63) is 33.9 Å². The maximum absolute atomic E-state index is 12.2. The minimum Gasteiger partial charge on any atom is -0.399 e. The molecule has 2 rings (SSSR count). The highest BCUT2D eigenvalue weighted by molar-refractivity contribution is 5.99. The number of rotatable bonds is 2. The van der Waals surface area contributed by atoms with Gasteiger partial charge in [0, 0.05) is 24.8 Å². The van der Waals surface area contributed by atoms with E-state index in [1.54, 1.807) is 4.90 Å². The summed E-state index contributed by atoms with van der Waals surface area (Å²) in [7, 11) is 0. The summed E-state index contributed by atoms with van der Waals surface area (Å²) in [5.74, 6) is 0.132. The van der Waals surface area contributed by atoms with Crippen molar-refractivity contribution < 1.29 is 9.72 Å². The lowest BCUT2D eigenvalue weighted by molar-refractivity contribution is -0.385. The van der Waals surface area contributed by atoms with Crippen LogP contribution in [0.5, 0.6) is 0 Å². The van der Waals surface area contributed by atoms with Crippen LogP contribution in [0.1, 0.15) is 23.7 Å². The van der Waals surface area contributed by atoms with Gasteiger partial charge in [0.1, 0.15) is 5.56 Å². The Bertz CT molecular complexity index is 501. The third-order valence-electron chi connectivity index (χ3n) is 3.16. The molecule has 1 unspecified atom stereocenters. The van der Waals surface area contributed by atoms with Crippen molar-refractivity contribution in [1.29, 1.82) is 0 Å². The molecule has 1 amide bonds. The zero-order chi connectivity index (χ0) is 13.3. The summed E-state index contributed by atoms with van der Waals surface area (Å²) in [5.41, 5.74) is 5.85. The van der Waals surface area contributed by atoms with Crippen LogP contribution in [0.4, 0.5) is 11.4 Å². The third-order valence-corrected chi connectivity index (χ3v) is 3.16. The van der Waals surface area contributed by atoms with Gasteiger partial charge in [-0.05, 0) is 24.5 Å². The molecule has 1 aromatic carbocycles.